The van der Waals surface area contributed by atoms with Crippen LogP contribution in [0.4, 0.5) is 17.6 Å². The van der Waals surface area contributed by atoms with Crippen molar-refractivity contribution in [2.75, 3.05) is 19.0 Å². The molecule has 0 aliphatic heterocycles. The van der Waals surface area contributed by atoms with E-state index in [1.54, 1.807) is 0 Å². The van der Waals surface area contributed by atoms with Crippen molar-refractivity contribution in [3.8, 4) is 0 Å². The zero-order chi connectivity index (χ0) is 13.8. The third-order valence-corrected chi connectivity index (χ3v) is 2.74. The molecule has 1 rings (SSSR count). The van der Waals surface area contributed by atoms with Crippen LogP contribution in [0.5, 0.6) is 0 Å². The molecule has 18 heavy (non-hydrogen) atoms. The van der Waals surface area contributed by atoms with Crippen LogP contribution in [0.3, 0.4) is 0 Å². The van der Waals surface area contributed by atoms with Gasteiger partial charge in [-0.15, -0.1) is 11.6 Å². The molecule has 0 atom stereocenters. The second-order valence-electron chi connectivity index (χ2n) is 3.75. The summed E-state index contributed by atoms with van der Waals surface area (Å²) >= 11 is 11.3. The summed E-state index contributed by atoms with van der Waals surface area (Å²) in [5, 5.41) is 0.234. The average Bonchev–Trinajstić information content (AvgIpc) is 2.21. The van der Waals surface area contributed by atoms with Crippen LogP contribution in [0.25, 0.3) is 0 Å². The molecule has 0 aromatic heterocycles. The Morgan fingerprint density at radius 3 is 2.44 bits per heavy atom. The molecule has 0 fully saturated rings. The molecule has 0 heterocycles. The van der Waals surface area contributed by atoms with Gasteiger partial charge < -0.3 is 0 Å². The lowest BCUT2D eigenvalue weighted by molar-refractivity contribution is -0.146. The van der Waals surface area contributed by atoms with Crippen molar-refractivity contribution in [3.05, 3.63) is 34.6 Å². The predicted octanol–water partition coefficient (Wildman–Crippen LogP) is 4.08. The zero-order valence-corrected chi connectivity index (χ0v) is 10.8. The minimum Gasteiger partial charge on any atom is -0.289 e. The summed E-state index contributed by atoms with van der Waals surface area (Å²) in [5.74, 6) is -0.476. The molecule has 0 N–H and O–H groups in total. The van der Waals surface area contributed by atoms with Gasteiger partial charge in [0, 0.05) is 24.0 Å². The lowest BCUT2D eigenvalue weighted by atomic mass is 10.2. The molecule has 0 bridgehead atoms. The Morgan fingerprint density at radius 2 is 1.89 bits per heavy atom. The fourth-order valence-electron chi connectivity index (χ4n) is 1.49. The summed E-state index contributed by atoms with van der Waals surface area (Å²) in [6, 6.07) is 3.60. The molecular weight excluding hydrogens is 293 g/mol. The quantitative estimate of drug-likeness (QED) is 0.585. The first kappa shape index (κ1) is 15.5. The van der Waals surface area contributed by atoms with Gasteiger partial charge >= 0.3 is 6.18 Å². The standard InChI is InChI=1S/C11H11Cl2F4N/c12-3-4-18(7-11(15,16)17)6-8-5-9(14)1-2-10(8)13/h1-2,5H,3-4,6-7H2. The highest BCUT2D eigenvalue weighted by Gasteiger charge is 2.30. The van der Waals surface area contributed by atoms with E-state index in [0.717, 1.165) is 17.0 Å². The summed E-state index contributed by atoms with van der Waals surface area (Å²) in [4.78, 5) is 1.08. The third-order valence-electron chi connectivity index (χ3n) is 2.21. The van der Waals surface area contributed by atoms with Gasteiger partial charge in [-0.2, -0.15) is 13.2 Å². The van der Waals surface area contributed by atoms with E-state index >= 15 is 0 Å². The molecule has 0 aliphatic rings. The number of rotatable bonds is 5. The van der Waals surface area contributed by atoms with Gasteiger partial charge in [0.2, 0.25) is 0 Å². The Labute approximate surface area is 112 Å². The minimum absolute atomic E-state index is 0.0495. The van der Waals surface area contributed by atoms with E-state index in [9.17, 15) is 17.6 Å². The van der Waals surface area contributed by atoms with Crippen molar-refractivity contribution >= 4 is 23.2 Å². The maximum Gasteiger partial charge on any atom is 0.401 e. The van der Waals surface area contributed by atoms with Gasteiger partial charge in [0.15, 0.2) is 0 Å². The molecule has 7 heteroatoms. The number of nitrogens with zero attached hydrogens (tertiary/aromatic N) is 1. The summed E-state index contributed by atoms with van der Waals surface area (Å²) in [6.45, 7) is -1.15. The maximum absolute atomic E-state index is 13.0. The highest BCUT2D eigenvalue weighted by atomic mass is 35.5. The van der Waals surface area contributed by atoms with E-state index in [1.807, 2.05) is 0 Å². The molecule has 0 aliphatic carbocycles. The Morgan fingerprint density at radius 1 is 1.22 bits per heavy atom. The summed E-state index contributed by atoms with van der Waals surface area (Å²) in [6.07, 6.45) is -4.33. The first-order valence-electron chi connectivity index (χ1n) is 5.11. The minimum atomic E-state index is -4.33. The molecule has 0 spiro atoms. The van der Waals surface area contributed by atoms with Crippen LogP contribution in [-0.4, -0.2) is 30.0 Å². The van der Waals surface area contributed by atoms with Gasteiger partial charge in [0.25, 0.3) is 0 Å². The average molecular weight is 304 g/mol. The van der Waals surface area contributed by atoms with E-state index in [-0.39, 0.29) is 24.0 Å². The third kappa shape index (κ3) is 5.42. The van der Waals surface area contributed by atoms with E-state index in [1.165, 1.54) is 6.07 Å². The first-order chi connectivity index (χ1) is 8.31. The number of halogens is 6. The van der Waals surface area contributed by atoms with Crippen LogP contribution in [-0.2, 0) is 6.54 Å². The highest BCUT2D eigenvalue weighted by Crippen LogP contribution is 2.22. The molecule has 0 radical (unpaired) electrons. The van der Waals surface area contributed by atoms with Crippen molar-refractivity contribution in [1.82, 2.24) is 4.90 Å². The number of hydrogen-bond acceptors (Lipinski definition) is 1. The van der Waals surface area contributed by atoms with Gasteiger partial charge in [-0.25, -0.2) is 4.39 Å². The van der Waals surface area contributed by atoms with E-state index < -0.39 is 18.5 Å². The lowest BCUT2D eigenvalue weighted by Crippen LogP contribution is -2.35. The van der Waals surface area contributed by atoms with E-state index in [2.05, 4.69) is 0 Å². The Balaban J connectivity index is 2.79. The van der Waals surface area contributed by atoms with Crippen LogP contribution in [0.15, 0.2) is 18.2 Å². The maximum atomic E-state index is 13.0. The molecule has 1 nitrogen and oxygen atoms in total. The molecule has 0 unspecified atom stereocenters. The second kappa shape index (κ2) is 6.59. The normalized spacial score (nSPS) is 12.2. The lowest BCUT2D eigenvalue weighted by Gasteiger charge is -2.23. The zero-order valence-electron chi connectivity index (χ0n) is 9.28. The van der Waals surface area contributed by atoms with E-state index in [0.29, 0.717) is 5.56 Å². The van der Waals surface area contributed by atoms with Crippen LogP contribution in [0.1, 0.15) is 5.56 Å². The molecule has 102 valence electrons. The van der Waals surface area contributed by atoms with Gasteiger partial charge in [0.1, 0.15) is 5.82 Å². The van der Waals surface area contributed by atoms with Crippen molar-refractivity contribution in [3.63, 3.8) is 0 Å². The summed E-state index contributed by atoms with van der Waals surface area (Å²) in [7, 11) is 0. The Bertz CT molecular complexity index is 395. The van der Waals surface area contributed by atoms with Gasteiger partial charge in [-0.05, 0) is 23.8 Å². The number of alkyl halides is 4. The molecular formula is C11H11Cl2F4N. The fourth-order valence-corrected chi connectivity index (χ4v) is 1.91. The van der Waals surface area contributed by atoms with Crippen LogP contribution >= 0.6 is 23.2 Å². The molecule has 0 amide bonds. The van der Waals surface area contributed by atoms with Crippen LogP contribution in [0.2, 0.25) is 5.02 Å². The SMILES string of the molecule is Fc1ccc(Cl)c(CN(CCCl)CC(F)(F)F)c1. The highest BCUT2D eigenvalue weighted by molar-refractivity contribution is 6.31. The Hall–Kier alpha value is -0.520. The summed E-state index contributed by atoms with van der Waals surface area (Å²) < 4.78 is 50.0. The Kier molecular flexibility index (Phi) is 5.69. The second-order valence-corrected chi connectivity index (χ2v) is 4.54. The number of benzene rings is 1. The van der Waals surface area contributed by atoms with Crippen molar-refractivity contribution in [2.45, 2.75) is 12.7 Å². The largest absolute Gasteiger partial charge is 0.401 e. The first-order valence-corrected chi connectivity index (χ1v) is 6.02. The van der Waals surface area contributed by atoms with Crippen molar-refractivity contribution in [1.29, 1.82) is 0 Å². The molecule has 0 saturated carbocycles. The van der Waals surface area contributed by atoms with Gasteiger partial charge in [-0.1, -0.05) is 11.6 Å². The summed E-state index contributed by atoms with van der Waals surface area (Å²) in [5.41, 5.74) is 0.311. The number of hydrogen-bond donors (Lipinski definition) is 0. The predicted molar refractivity (Wildman–Crippen MR) is 63.5 cm³/mol. The monoisotopic (exact) mass is 303 g/mol. The van der Waals surface area contributed by atoms with Gasteiger partial charge in [-0.3, -0.25) is 4.90 Å². The molecule has 1 aromatic carbocycles. The smallest absolute Gasteiger partial charge is 0.289 e. The molecule has 1 aromatic rings. The van der Waals surface area contributed by atoms with Crippen molar-refractivity contribution in [2.24, 2.45) is 0 Å². The fraction of sp³-hybridized carbons (Fsp3) is 0.455. The van der Waals surface area contributed by atoms with Gasteiger partial charge in [0.05, 0.1) is 6.54 Å². The van der Waals surface area contributed by atoms with Crippen molar-refractivity contribution < 1.29 is 17.6 Å². The van der Waals surface area contributed by atoms with Crippen LogP contribution < -0.4 is 0 Å². The topological polar surface area (TPSA) is 3.24 Å². The van der Waals surface area contributed by atoms with Crippen LogP contribution in [0, 0.1) is 5.82 Å². The van der Waals surface area contributed by atoms with E-state index in [4.69, 9.17) is 23.2 Å². The molecule has 0 saturated heterocycles.